The summed E-state index contributed by atoms with van der Waals surface area (Å²) in [5.74, 6) is 0.604. The van der Waals surface area contributed by atoms with Crippen LogP contribution in [0, 0.1) is 5.41 Å². The second kappa shape index (κ2) is 14.0. The Bertz CT molecular complexity index is 1330. The highest BCUT2D eigenvalue weighted by atomic mass is 35.5. The van der Waals surface area contributed by atoms with Crippen molar-refractivity contribution in [1.29, 1.82) is 0 Å². The van der Waals surface area contributed by atoms with E-state index in [2.05, 4.69) is 10.5 Å². The summed E-state index contributed by atoms with van der Waals surface area (Å²) in [6.07, 6.45) is 4.85. The molecular formula is C32H35ClN2O6. The summed E-state index contributed by atoms with van der Waals surface area (Å²) in [5, 5.41) is 7.71. The van der Waals surface area contributed by atoms with Crippen LogP contribution in [0.5, 0.6) is 11.5 Å². The van der Waals surface area contributed by atoms with Gasteiger partial charge in [0.05, 0.1) is 38.5 Å². The van der Waals surface area contributed by atoms with Crippen LogP contribution in [0.3, 0.4) is 0 Å². The van der Waals surface area contributed by atoms with Crippen LogP contribution in [0.4, 0.5) is 0 Å². The van der Waals surface area contributed by atoms with E-state index >= 15 is 0 Å². The highest BCUT2D eigenvalue weighted by molar-refractivity contribution is 6.30. The van der Waals surface area contributed by atoms with Gasteiger partial charge in [0, 0.05) is 11.4 Å². The van der Waals surface area contributed by atoms with Gasteiger partial charge in [-0.3, -0.25) is 4.79 Å². The zero-order valence-corrected chi connectivity index (χ0v) is 24.3. The van der Waals surface area contributed by atoms with E-state index in [4.69, 9.17) is 30.6 Å². The molecule has 4 rings (SSSR count). The molecule has 0 aromatic heterocycles. The molecule has 1 amide bonds. The summed E-state index contributed by atoms with van der Waals surface area (Å²) >= 11 is 5.94. The van der Waals surface area contributed by atoms with Gasteiger partial charge in [-0.1, -0.05) is 72.1 Å². The number of hydrogen-bond donors (Lipinski definition) is 1. The van der Waals surface area contributed by atoms with Crippen LogP contribution in [-0.4, -0.2) is 45.5 Å². The van der Waals surface area contributed by atoms with E-state index in [0.717, 1.165) is 35.1 Å². The predicted octanol–water partition coefficient (Wildman–Crippen LogP) is 5.99. The van der Waals surface area contributed by atoms with Crippen LogP contribution in [0.25, 0.3) is 11.1 Å². The molecule has 1 fully saturated rings. The number of halogens is 1. The summed E-state index contributed by atoms with van der Waals surface area (Å²) in [5.41, 5.74) is 2.66. The van der Waals surface area contributed by atoms with Crippen molar-refractivity contribution >= 4 is 29.7 Å². The Morgan fingerprint density at radius 2 is 1.54 bits per heavy atom. The molecule has 1 atom stereocenters. The molecule has 1 aliphatic carbocycles. The lowest BCUT2D eigenvalue weighted by molar-refractivity contribution is -0.146. The second-order valence-corrected chi connectivity index (χ2v) is 10.4. The number of rotatable bonds is 12. The quantitative estimate of drug-likeness (QED) is 0.161. The first-order chi connectivity index (χ1) is 19.9. The molecule has 0 unspecified atom stereocenters. The molecule has 3 aromatic rings. The number of oxime groups is 1. The van der Waals surface area contributed by atoms with Gasteiger partial charge in [0.2, 0.25) is 5.91 Å². The average molecular weight is 579 g/mol. The molecule has 0 radical (unpaired) electrons. The van der Waals surface area contributed by atoms with Crippen LogP contribution in [-0.2, 0) is 32.2 Å². The number of carbonyl (C=O) groups is 2. The Hall–Kier alpha value is -4.04. The van der Waals surface area contributed by atoms with Gasteiger partial charge in [0.25, 0.3) is 0 Å². The predicted molar refractivity (Wildman–Crippen MR) is 158 cm³/mol. The fourth-order valence-electron chi connectivity index (χ4n) is 5.07. The van der Waals surface area contributed by atoms with Crippen LogP contribution >= 0.6 is 11.6 Å². The van der Waals surface area contributed by atoms with Crippen molar-refractivity contribution in [2.75, 3.05) is 21.3 Å². The number of ether oxygens (including phenoxy) is 3. The summed E-state index contributed by atoms with van der Waals surface area (Å²) in [6.45, 7) is 0.257. The van der Waals surface area contributed by atoms with Crippen molar-refractivity contribution in [3.05, 3.63) is 82.9 Å². The van der Waals surface area contributed by atoms with Crippen LogP contribution in [0.15, 0.2) is 71.9 Å². The van der Waals surface area contributed by atoms with E-state index < -0.39 is 17.4 Å². The van der Waals surface area contributed by atoms with Crippen molar-refractivity contribution in [3.63, 3.8) is 0 Å². The van der Waals surface area contributed by atoms with Crippen molar-refractivity contribution in [2.24, 2.45) is 10.6 Å². The Kier molecular flexibility index (Phi) is 10.2. The molecule has 1 saturated carbocycles. The Morgan fingerprint density at radius 3 is 2.12 bits per heavy atom. The van der Waals surface area contributed by atoms with Gasteiger partial charge < -0.3 is 24.4 Å². The lowest BCUT2D eigenvalue weighted by atomic mass is 9.86. The van der Waals surface area contributed by atoms with Gasteiger partial charge in [-0.2, -0.15) is 0 Å². The Balaban J connectivity index is 1.46. The van der Waals surface area contributed by atoms with E-state index in [0.29, 0.717) is 29.4 Å². The summed E-state index contributed by atoms with van der Waals surface area (Å²) in [7, 11) is 4.55. The van der Waals surface area contributed by atoms with E-state index in [1.54, 1.807) is 32.6 Å². The molecule has 3 aromatic carbocycles. The van der Waals surface area contributed by atoms with Crippen molar-refractivity contribution in [3.8, 4) is 22.6 Å². The van der Waals surface area contributed by atoms with Gasteiger partial charge in [-0.15, -0.1) is 0 Å². The van der Waals surface area contributed by atoms with E-state index in [1.165, 1.54) is 7.11 Å². The highest BCUT2D eigenvalue weighted by Gasteiger charge is 2.41. The van der Waals surface area contributed by atoms with Gasteiger partial charge in [-0.25, -0.2) is 4.79 Å². The average Bonchev–Trinajstić information content (AvgIpc) is 3.49. The number of benzene rings is 3. The van der Waals surface area contributed by atoms with Gasteiger partial charge in [0.15, 0.2) is 0 Å². The summed E-state index contributed by atoms with van der Waals surface area (Å²) < 4.78 is 16.1. The lowest BCUT2D eigenvalue weighted by Gasteiger charge is -2.26. The van der Waals surface area contributed by atoms with Crippen molar-refractivity contribution in [1.82, 2.24) is 5.32 Å². The standard InChI is InChI=1S/C32H35ClN2O6/c1-38-27-7-6-8-28(39-2)29(27)24-13-9-22(10-14-24)19-26(30(36)40-3)35-31(37)32(17-4-5-18-32)21-34-41-20-23-11-15-25(33)16-12-23/h6-16,21,26H,4-5,17-20H2,1-3H3,(H,35,37)/t26-/m0/s1. The van der Waals surface area contributed by atoms with Gasteiger partial charge in [-0.05, 0) is 53.8 Å². The first kappa shape index (κ1) is 29.9. The zero-order valence-electron chi connectivity index (χ0n) is 23.5. The minimum absolute atomic E-state index is 0.257. The molecule has 1 aliphatic rings. The molecule has 0 spiro atoms. The molecular weight excluding hydrogens is 544 g/mol. The third kappa shape index (κ3) is 7.38. The fraction of sp³-hybridized carbons (Fsp3) is 0.344. The molecule has 216 valence electrons. The lowest BCUT2D eigenvalue weighted by Crippen LogP contribution is -2.49. The molecule has 0 aliphatic heterocycles. The molecule has 1 N–H and O–H groups in total. The largest absolute Gasteiger partial charge is 0.496 e. The summed E-state index contributed by atoms with van der Waals surface area (Å²) in [4.78, 5) is 31.8. The first-order valence-electron chi connectivity index (χ1n) is 13.5. The van der Waals surface area contributed by atoms with Crippen LogP contribution < -0.4 is 14.8 Å². The summed E-state index contributed by atoms with van der Waals surface area (Å²) in [6, 6.07) is 19.8. The molecule has 41 heavy (non-hydrogen) atoms. The minimum Gasteiger partial charge on any atom is -0.496 e. The smallest absolute Gasteiger partial charge is 0.328 e. The number of hydrogen-bond acceptors (Lipinski definition) is 7. The number of esters is 1. The van der Waals surface area contributed by atoms with Crippen molar-refractivity contribution < 1.29 is 28.6 Å². The molecule has 8 nitrogen and oxygen atoms in total. The Morgan fingerprint density at radius 1 is 0.927 bits per heavy atom. The van der Waals surface area contributed by atoms with E-state index in [-0.39, 0.29) is 18.9 Å². The third-order valence-corrected chi connectivity index (χ3v) is 7.62. The molecule has 0 bridgehead atoms. The molecule has 0 saturated heterocycles. The first-order valence-corrected chi connectivity index (χ1v) is 13.9. The third-order valence-electron chi connectivity index (χ3n) is 7.37. The topological polar surface area (TPSA) is 95.5 Å². The maximum Gasteiger partial charge on any atom is 0.328 e. The second-order valence-electron chi connectivity index (χ2n) is 9.99. The SMILES string of the molecule is COC(=O)[C@H](Cc1ccc(-c2c(OC)cccc2OC)cc1)NC(=O)C1(C=NOCc2ccc(Cl)cc2)CCCC1. The van der Waals surface area contributed by atoms with Crippen molar-refractivity contribution in [2.45, 2.75) is 44.8 Å². The fourth-order valence-corrected chi connectivity index (χ4v) is 5.19. The maximum atomic E-state index is 13.6. The molecule has 9 heteroatoms. The normalized spacial score (nSPS) is 14.8. The van der Waals surface area contributed by atoms with E-state index in [9.17, 15) is 9.59 Å². The van der Waals surface area contributed by atoms with Gasteiger partial charge in [0.1, 0.15) is 24.1 Å². The number of amides is 1. The van der Waals surface area contributed by atoms with E-state index in [1.807, 2.05) is 54.6 Å². The monoisotopic (exact) mass is 578 g/mol. The Labute approximate surface area is 245 Å². The van der Waals surface area contributed by atoms with Crippen LogP contribution in [0.1, 0.15) is 36.8 Å². The zero-order chi connectivity index (χ0) is 29.2. The van der Waals surface area contributed by atoms with Gasteiger partial charge >= 0.3 is 5.97 Å². The van der Waals surface area contributed by atoms with Crippen LogP contribution in [0.2, 0.25) is 5.02 Å². The number of carbonyl (C=O) groups excluding carboxylic acids is 2. The number of nitrogens with zero attached hydrogens (tertiary/aromatic N) is 1. The number of nitrogens with one attached hydrogen (secondary N) is 1. The molecule has 0 heterocycles. The highest BCUT2D eigenvalue weighted by Crippen LogP contribution is 2.39. The maximum absolute atomic E-state index is 13.6. The minimum atomic E-state index is -0.861. The number of methoxy groups -OCH3 is 3.